The quantitative estimate of drug-likeness (QED) is 0.765. The van der Waals surface area contributed by atoms with Crippen molar-refractivity contribution >= 4 is 5.82 Å². The average molecular weight is 220 g/mol. The van der Waals surface area contributed by atoms with E-state index in [4.69, 9.17) is 5.73 Å². The number of rotatable bonds is 2. The van der Waals surface area contributed by atoms with Gasteiger partial charge in [0, 0.05) is 11.3 Å². The molecule has 0 atom stereocenters. The predicted molar refractivity (Wildman–Crippen MR) is 65.1 cm³/mol. The molecule has 2 rings (SSSR count). The first kappa shape index (κ1) is 11.3. The van der Waals surface area contributed by atoms with Crippen LogP contribution in [0.3, 0.4) is 0 Å². The fraction of sp³-hybridized carbons (Fsp3) is 0.667. The first-order valence-electron chi connectivity index (χ1n) is 5.95. The van der Waals surface area contributed by atoms with Gasteiger partial charge in [-0.25, -0.2) is 9.97 Å². The maximum atomic E-state index is 6.02. The first-order chi connectivity index (χ1) is 7.66. The molecule has 1 aliphatic rings. The topological polar surface area (TPSA) is 55.0 Å². The standard InChI is InChI=1S/C12H20N4/c1-16(2)8-11-14-10-7-5-3-4-6-9(10)12(13)15-11/h3-8H2,1-2H3,(H2,13,14,15). The second-order valence-electron chi connectivity index (χ2n) is 4.75. The van der Waals surface area contributed by atoms with Crippen LogP contribution in [0.25, 0.3) is 0 Å². The fourth-order valence-electron chi connectivity index (χ4n) is 2.21. The van der Waals surface area contributed by atoms with Gasteiger partial charge in [-0.2, -0.15) is 0 Å². The van der Waals surface area contributed by atoms with E-state index in [2.05, 4.69) is 14.9 Å². The van der Waals surface area contributed by atoms with Gasteiger partial charge in [0.15, 0.2) is 0 Å². The molecule has 1 aromatic rings. The molecular formula is C12H20N4. The van der Waals surface area contributed by atoms with Crippen LogP contribution in [-0.4, -0.2) is 29.0 Å². The summed E-state index contributed by atoms with van der Waals surface area (Å²) in [7, 11) is 4.04. The molecule has 0 spiro atoms. The summed E-state index contributed by atoms with van der Waals surface area (Å²) in [6, 6.07) is 0. The Bertz CT molecular complexity index is 374. The van der Waals surface area contributed by atoms with Crippen LogP contribution in [0.2, 0.25) is 0 Å². The average Bonchev–Trinajstić information content (AvgIpc) is 2.41. The van der Waals surface area contributed by atoms with Crippen LogP contribution in [0.1, 0.15) is 36.3 Å². The van der Waals surface area contributed by atoms with Gasteiger partial charge in [-0.1, -0.05) is 6.42 Å². The van der Waals surface area contributed by atoms with E-state index in [1.807, 2.05) is 14.1 Å². The summed E-state index contributed by atoms with van der Waals surface area (Å²) in [6.45, 7) is 0.761. The van der Waals surface area contributed by atoms with Crippen LogP contribution in [0.5, 0.6) is 0 Å². The molecule has 1 heterocycles. The maximum Gasteiger partial charge on any atom is 0.144 e. The summed E-state index contributed by atoms with van der Waals surface area (Å²) in [5.41, 5.74) is 8.39. The minimum absolute atomic E-state index is 0.698. The largest absolute Gasteiger partial charge is 0.383 e. The summed E-state index contributed by atoms with van der Waals surface area (Å²) in [5, 5.41) is 0. The smallest absolute Gasteiger partial charge is 0.144 e. The molecule has 0 amide bonds. The number of aryl methyl sites for hydroxylation is 1. The Morgan fingerprint density at radius 2 is 1.88 bits per heavy atom. The molecule has 1 aromatic heterocycles. The molecule has 0 unspecified atom stereocenters. The van der Waals surface area contributed by atoms with Crippen molar-refractivity contribution in [2.24, 2.45) is 0 Å². The minimum Gasteiger partial charge on any atom is -0.383 e. The highest BCUT2D eigenvalue weighted by molar-refractivity contribution is 5.43. The highest BCUT2D eigenvalue weighted by atomic mass is 15.1. The molecule has 0 saturated heterocycles. The van der Waals surface area contributed by atoms with Crippen LogP contribution in [0.4, 0.5) is 5.82 Å². The van der Waals surface area contributed by atoms with E-state index >= 15 is 0 Å². The van der Waals surface area contributed by atoms with Crippen molar-refractivity contribution in [1.29, 1.82) is 0 Å². The van der Waals surface area contributed by atoms with Crippen molar-refractivity contribution in [3.05, 3.63) is 17.1 Å². The number of nitrogens with two attached hydrogens (primary N) is 1. The van der Waals surface area contributed by atoms with Crippen LogP contribution in [-0.2, 0) is 19.4 Å². The Kier molecular flexibility index (Phi) is 3.39. The van der Waals surface area contributed by atoms with Crippen LogP contribution in [0, 0.1) is 0 Å². The maximum absolute atomic E-state index is 6.02. The van der Waals surface area contributed by atoms with Crippen LogP contribution >= 0.6 is 0 Å². The van der Waals surface area contributed by atoms with Crippen LogP contribution in [0.15, 0.2) is 0 Å². The Balaban J connectivity index is 2.32. The molecule has 88 valence electrons. The number of hydrogen-bond acceptors (Lipinski definition) is 4. The Labute approximate surface area is 96.9 Å². The van der Waals surface area contributed by atoms with Crippen molar-refractivity contribution in [1.82, 2.24) is 14.9 Å². The first-order valence-corrected chi connectivity index (χ1v) is 5.95. The van der Waals surface area contributed by atoms with Crippen molar-refractivity contribution in [2.75, 3.05) is 19.8 Å². The van der Waals surface area contributed by atoms with Gasteiger partial charge in [0.25, 0.3) is 0 Å². The molecular weight excluding hydrogens is 200 g/mol. The van der Waals surface area contributed by atoms with Gasteiger partial charge in [0.1, 0.15) is 11.6 Å². The van der Waals surface area contributed by atoms with Gasteiger partial charge in [0.2, 0.25) is 0 Å². The molecule has 4 heteroatoms. The number of aromatic nitrogens is 2. The summed E-state index contributed by atoms with van der Waals surface area (Å²) in [4.78, 5) is 11.1. The number of anilines is 1. The van der Waals surface area contributed by atoms with E-state index in [0.29, 0.717) is 5.82 Å². The van der Waals surface area contributed by atoms with Gasteiger partial charge in [0.05, 0.1) is 6.54 Å². The second kappa shape index (κ2) is 4.78. The highest BCUT2D eigenvalue weighted by Crippen LogP contribution is 2.23. The van der Waals surface area contributed by atoms with Crippen molar-refractivity contribution < 1.29 is 0 Å². The zero-order valence-electron chi connectivity index (χ0n) is 10.2. The van der Waals surface area contributed by atoms with E-state index in [1.54, 1.807) is 0 Å². The second-order valence-corrected chi connectivity index (χ2v) is 4.75. The lowest BCUT2D eigenvalue weighted by atomic mass is 10.1. The zero-order chi connectivity index (χ0) is 11.5. The third-order valence-electron chi connectivity index (χ3n) is 2.97. The highest BCUT2D eigenvalue weighted by Gasteiger charge is 2.15. The molecule has 0 aromatic carbocycles. The van der Waals surface area contributed by atoms with Crippen molar-refractivity contribution in [2.45, 2.75) is 38.6 Å². The molecule has 0 radical (unpaired) electrons. The lowest BCUT2D eigenvalue weighted by Crippen LogP contribution is -2.16. The van der Waals surface area contributed by atoms with Crippen molar-refractivity contribution in [3.63, 3.8) is 0 Å². The summed E-state index contributed by atoms with van der Waals surface area (Å²) in [6.07, 6.45) is 5.82. The number of hydrogen-bond donors (Lipinski definition) is 1. The summed E-state index contributed by atoms with van der Waals surface area (Å²) in [5.74, 6) is 1.55. The lowest BCUT2D eigenvalue weighted by Gasteiger charge is -2.13. The van der Waals surface area contributed by atoms with Gasteiger partial charge in [-0.15, -0.1) is 0 Å². The van der Waals surface area contributed by atoms with Gasteiger partial charge >= 0.3 is 0 Å². The fourth-order valence-corrected chi connectivity index (χ4v) is 2.21. The Morgan fingerprint density at radius 1 is 1.12 bits per heavy atom. The monoisotopic (exact) mass is 220 g/mol. The zero-order valence-corrected chi connectivity index (χ0v) is 10.2. The van der Waals surface area contributed by atoms with E-state index in [-0.39, 0.29) is 0 Å². The normalized spacial score (nSPS) is 15.9. The van der Waals surface area contributed by atoms with E-state index in [9.17, 15) is 0 Å². The Morgan fingerprint density at radius 3 is 2.62 bits per heavy atom. The number of nitrogen functional groups attached to an aromatic ring is 1. The third kappa shape index (κ3) is 2.50. The Hall–Kier alpha value is -1.16. The number of fused-ring (bicyclic) bond motifs is 1. The summed E-state index contributed by atoms with van der Waals surface area (Å²) >= 11 is 0. The van der Waals surface area contributed by atoms with Crippen LogP contribution < -0.4 is 5.73 Å². The third-order valence-corrected chi connectivity index (χ3v) is 2.97. The van der Waals surface area contributed by atoms with Gasteiger partial charge in [-0.05, 0) is 39.8 Å². The molecule has 0 aliphatic heterocycles. The molecule has 0 saturated carbocycles. The van der Waals surface area contributed by atoms with Gasteiger partial charge in [-0.3, -0.25) is 0 Å². The lowest BCUT2D eigenvalue weighted by molar-refractivity contribution is 0.389. The van der Waals surface area contributed by atoms with Gasteiger partial charge < -0.3 is 10.6 Å². The molecule has 4 nitrogen and oxygen atoms in total. The summed E-state index contributed by atoms with van der Waals surface area (Å²) < 4.78 is 0. The molecule has 0 bridgehead atoms. The minimum atomic E-state index is 0.698. The number of nitrogens with zero attached hydrogens (tertiary/aromatic N) is 3. The predicted octanol–water partition coefficient (Wildman–Crippen LogP) is 1.39. The van der Waals surface area contributed by atoms with E-state index in [1.165, 1.54) is 30.5 Å². The molecule has 1 aliphatic carbocycles. The van der Waals surface area contributed by atoms with Crippen molar-refractivity contribution in [3.8, 4) is 0 Å². The van der Waals surface area contributed by atoms with E-state index < -0.39 is 0 Å². The molecule has 16 heavy (non-hydrogen) atoms. The SMILES string of the molecule is CN(C)Cc1nc(N)c2c(n1)CCCCC2. The molecule has 0 fully saturated rings. The molecule has 2 N–H and O–H groups in total. The van der Waals surface area contributed by atoms with E-state index in [0.717, 1.165) is 25.2 Å².